The predicted octanol–water partition coefficient (Wildman–Crippen LogP) is 4.27. The van der Waals surface area contributed by atoms with E-state index in [-0.39, 0.29) is 12.2 Å². The predicted molar refractivity (Wildman–Crippen MR) is 75.0 cm³/mol. The van der Waals surface area contributed by atoms with E-state index in [4.69, 9.17) is 4.74 Å². The minimum absolute atomic E-state index is 0.0636. The van der Waals surface area contributed by atoms with Gasteiger partial charge in [0.2, 0.25) is 0 Å². The van der Waals surface area contributed by atoms with Crippen molar-refractivity contribution in [2.24, 2.45) is 5.41 Å². The lowest BCUT2D eigenvalue weighted by atomic mass is 9.84. The highest BCUT2D eigenvalue weighted by Crippen LogP contribution is 2.30. The number of carbonyl (C=O) groups excluding carboxylic acids is 1. The Balaban J connectivity index is 2.92. The second-order valence-electron chi connectivity index (χ2n) is 6.04. The molecule has 0 spiro atoms. The van der Waals surface area contributed by atoms with Crippen LogP contribution < -0.4 is 0 Å². The quantitative estimate of drug-likeness (QED) is 0.812. The zero-order valence-corrected chi connectivity index (χ0v) is 12.8. The molecule has 0 saturated carbocycles. The summed E-state index contributed by atoms with van der Waals surface area (Å²) in [5.41, 5.74) is -0.783. The van der Waals surface area contributed by atoms with Gasteiger partial charge in [0.15, 0.2) is 5.78 Å². The number of ketones is 1. The smallest absolute Gasteiger partial charge is 0.370 e. The monoisotopic (exact) mass is 302 g/mol. The van der Waals surface area contributed by atoms with E-state index < -0.39 is 23.3 Å². The molecular weight excluding hydrogens is 281 g/mol. The molecule has 2 nitrogen and oxygen atoms in total. The summed E-state index contributed by atoms with van der Waals surface area (Å²) in [6.45, 7) is 7.79. The molecule has 0 saturated heterocycles. The second-order valence-corrected chi connectivity index (χ2v) is 6.04. The van der Waals surface area contributed by atoms with E-state index in [0.29, 0.717) is 12.2 Å². The van der Waals surface area contributed by atoms with Crippen LogP contribution in [0.2, 0.25) is 0 Å². The van der Waals surface area contributed by atoms with E-state index in [1.807, 2.05) is 20.8 Å². The Labute approximate surface area is 123 Å². The maximum atomic E-state index is 12.7. The Morgan fingerprint density at radius 2 is 1.86 bits per heavy atom. The van der Waals surface area contributed by atoms with Gasteiger partial charge in [0.1, 0.15) is 6.10 Å². The molecular formula is C16H21F3O2. The van der Waals surface area contributed by atoms with E-state index in [9.17, 15) is 18.0 Å². The standard InChI is InChI=1S/C16H21F3O2/c1-5-21-14(15(2,3)4)13(20)10-11-7-6-8-12(9-11)16(17,18)19/h6-9,14H,5,10H2,1-4H3. The van der Waals surface area contributed by atoms with Crippen LogP contribution in [0.15, 0.2) is 24.3 Å². The third-order valence-electron chi connectivity index (χ3n) is 3.04. The van der Waals surface area contributed by atoms with Crippen LogP contribution in [-0.2, 0) is 22.1 Å². The van der Waals surface area contributed by atoms with E-state index in [1.165, 1.54) is 12.1 Å². The normalized spacial score (nSPS) is 14.0. The first kappa shape index (κ1) is 17.7. The molecule has 1 rings (SSSR count). The Morgan fingerprint density at radius 1 is 1.24 bits per heavy atom. The fourth-order valence-corrected chi connectivity index (χ4v) is 2.14. The number of rotatable bonds is 5. The van der Waals surface area contributed by atoms with Gasteiger partial charge in [-0.15, -0.1) is 0 Å². The summed E-state index contributed by atoms with van der Waals surface area (Å²) in [5, 5.41) is 0. The summed E-state index contributed by atoms with van der Waals surface area (Å²) >= 11 is 0. The van der Waals surface area contributed by atoms with Crippen LogP contribution in [0.3, 0.4) is 0 Å². The fourth-order valence-electron chi connectivity index (χ4n) is 2.14. The Bertz CT molecular complexity index is 487. The van der Waals surface area contributed by atoms with Gasteiger partial charge in [0.25, 0.3) is 0 Å². The highest BCUT2D eigenvalue weighted by Gasteiger charge is 2.33. The summed E-state index contributed by atoms with van der Waals surface area (Å²) in [4.78, 5) is 12.3. The summed E-state index contributed by atoms with van der Waals surface area (Å²) in [6.07, 6.45) is -5.09. The van der Waals surface area contributed by atoms with Crippen molar-refractivity contribution in [2.75, 3.05) is 6.61 Å². The zero-order chi connectivity index (χ0) is 16.3. The average molecular weight is 302 g/mol. The van der Waals surface area contributed by atoms with Gasteiger partial charge in [0.05, 0.1) is 5.56 Å². The molecule has 0 aromatic heterocycles. The Hall–Kier alpha value is -1.36. The molecule has 0 amide bonds. The fraction of sp³-hybridized carbons (Fsp3) is 0.562. The Morgan fingerprint density at radius 3 is 2.33 bits per heavy atom. The third-order valence-corrected chi connectivity index (χ3v) is 3.04. The maximum absolute atomic E-state index is 12.7. The maximum Gasteiger partial charge on any atom is 0.416 e. The first-order valence-electron chi connectivity index (χ1n) is 6.86. The van der Waals surface area contributed by atoms with Crippen LogP contribution in [0.4, 0.5) is 13.2 Å². The number of ether oxygens (including phenoxy) is 1. The van der Waals surface area contributed by atoms with Crippen molar-refractivity contribution >= 4 is 5.78 Å². The highest BCUT2D eigenvalue weighted by atomic mass is 19.4. The molecule has 0 radical (unpaired) electrons. The lowest BCUT2D eigenvalue weighted by Gasteiger charge is -2.29. The molecule has 0 heterocycles. The van der Waals surface area contributed by atoms with Crippen molar-refractivity contribution in [1.29, 1.82) is 0 Å². The van der Waals surface area contributed by atoms with Gasteiger partial charge in [-0.1, -0.05) is 39.0 Å². The molecule has 21 heavy (non-hydrogen) atoms. The van der Waals surface area contributed by atoms with Crippen molar-refractivity contribution in [3.8, 4) is 0 Å². The lowest BCUT2D eigenvalue weighted by Crippen LogP contribution is -2.38. The number of hydrogen-bond donors (Lipinski definition) is 0. The van der Waals surface area contributed by atoms with Crippen LogP contribution in [0.1, 0.15) is 38.8 Å². The number of benzene rings is 1. The first-order valence-corrected chi connectivity index (χ1v) is 6.86. The number of Topliss-reactive ketones (excluding diaryl/α,β-unsaturated/α-hetero) is 1. The molecule has 118 valence electrons. The van der Waals surface area contributed by atoms with E-state index in [0.717, 1.165) is 12.1 Å². The van der Waals surface area contributed by atoms with Gasteiger partial charge < -0.3 is 4.74 Å². The second kappa shape index (κ2) is 6.60. The molecule has 1 unspecified atom stereocenters. The van der Waals surface area contributed by atoms with Crippen molar-refractivity contribution in [1.82, 2.24) is 0 Å². The van der Waals surface area contributed by atoms with E-state index in [2.05, 4.69) is 0 Å². The van der Waals surface area contributed by atoms with Crippen LogP contribution in [0, 0.1) is 5.41 Å². The van der Waals surface area contributed by atoms with Crippen LogP contribution >= 0.6 is 0 Å². The number of hydrogen-bond acceptors (Lipinski definition) is 2. The molecule has 0 aliphatic carbocycles. The van der Waals surface area contributed by atoms with Gasteiger partial charge >= 0.3 is 6.18 Å². The molecule has 0 fully saturated rings. The molecule has 1 atom stereocenters. The molecule has 0 bridgehead atoms. The van der Waals surface area contributed by atoms with Crippen molar-refractivity contribution < 1.29 is 22.7 Å². The van der Waals surface area contributed by atoms with Crippen molar-refractivity contribution in [3.63, 3.8) is 0 Å². The average Bonchev–Trinajstić information content (AvgIpc) is 2.33. The minimum atomic E-state index is -4.40. The minimum Gasteiger partial charge on any atom is -0.370 e. The molecule has 0 aliphatic heterocycles. The molecule has 5 heteroatoms. The van der Waals surface area contributed by atoms with Crippen LogP contribution in [0.25, 0.3) is 0 Å². The summed E-state index contributed by atoms with van der Waals surface area (Å²) < 4.78 is 43.5. The topological polar surface area (TPSA) is 26.3 Å². The largest absolute Gasteiger partial charge is 0.416 e. The van der Waals surface area contributed by atoms with Gasteiger partial charge in [-0.2, -0.15) is 13.2 Å². The van der Waals surface area contributed by atoms with Crippen molar-refractivity contribution in [2.45, 2.75) is 46.4 Å². The number of halogens is 3. The molecule has 1 aromatic carbocycles. The Kier molecular flexibility index (Phi) is 5.56. The van der Waals surface area contributed by atoms with Gasteiger partial charge in [-0.05, 0) is 24.0 Å². The summed E-state index contributed by atoms with van der Waals surface area (Å²) in [7, 11) is 0. The van der Waals surface area contributed by atoms with E-state index >= 15 is 0 Å². The van der Waals surface area contributed by atoms with Crippen molar-refractivity contribution in [3.05, 3.63) is 35.4 Å². The lowest BCUT2D eigenvalue weighted by molar-refractivity contribution is -0.138. The van der Waals surface area contributed by atoms with Crippen LogP contribution in [-0.4, -0.2) is 18.5 Å². The van der Waals surface area contributed by atoms with Gasteiger partial charge in [-0.3, -0.25) is 4.79 Å². The first-order chi connectivity index (χ1) is 9.55. The van der Waals surface area contributed by atoms with E-state index in [1.54, 1.807) is 6.92 Å². The third kappa shape index (κ3) is 5.16. The van der Waals surface area contributed by atoms with Gasteiger partial charge in [-0.25, -0.2) is 0 Å². The molecule has 0 N–H and O–H groups in total. The highest BCUT2D eigenvalue weighted by molar-refractivity contribution is 5.86. The SMILES string of the molecule is CCOC(C(=O)Cc1cccc(C(F)(F)F)c1)C(C)(C)C. The van der Waals surface area contributed by atoms with Gasteiger partial charge in [0, 0.05) is 13.0 Å². The molecule has 0 aliphatic rings. The summed E-state index contributed by atoms with van der Waals surface area (Å²) in [5.74, 6) is -0.205. The van der Waals surface area contributed by atoms with Crippen LogP contribution in [0.5, 0.6) is 0 Å². The molecule has 1 aromatic rings. The number of carbonyl (C=O) groups is 1. The number of alkyl halides is 3. The zero-order valence-electron chi connectivity index (χ0n) is 12.8. The summed E-state index contributed by atoms with van der Waals surface area (Å²) in [6, 6.07) is 4.86.